The van der Waals surface area contributed by atoms with E-state index in [-0.39, 0.29) is 11.3 Å². The van der Waals surface area contributed by atoms with Crippen molar-refractivity contribution in [3.8, 4) is 0 Å². The Kier molecular flexibility index (Phi) is 3.40. The molecule has 1 aliphatic heterocycles. The summed E-state index contributed by atoms with van der Waals surface area (Å²) in [6, 6.07) is 0. The van der Waals surface area contributed by atoms with Gasteiger partial charge in [-0.25, -0.2) is 0 Å². The molecule has 2 fully saturated rings. The van der Waals surface area contributed by atoms with Crippen LogP contribution in [0.25, 0.3) is 0 Å². The maximum atomic E-state index is 11.9. The predicted octanol–water partition coefficient (Wildman–Crippen LogP) is 0.677. The fourth-order valence-electron chi connectivity index (χ4n) is 1.89. The first kappa shape index (κ1) is 11.5. The molecule has 1 saturated heterocycles. The zero-order valence-electron chi connectivity index (χ0n) is 8.78. The Bertz CT molecular complexity index is 279. The van der Waals surface area contributed by atoms with Gasteiger partial charge in [0.15, 0.2) is 0 Å². The fraction of sp³-hybridized carbons (Fsp3) is 0.900. The summed E-state index contributed by atoms with van der Waals surface area (Å²) in [6.07, 6.45) is 2.92. The van der Waals surface area contributed by atoms with Crippen LogP contribution in [0.3, 0.4) is 0 Å². The van der Waals surface area contributed by atoms with E-state index >= 15 is 0 Å². The van der Waals surface area contributed by atoms with Crippen molar-refractivity contribution in [3.63, 3.8) is 0 Å². The normalized spacial score (nSPS) is 25.3. The number of thiol groups is 1. The highest BCUT2D eigenvalue weighted by Gasteiger charge is 2.43. The van der Waals surface area contributed by atoms with Gasteiger partial charge in [0, 0.05) is 41.8 Å². The maximum Gasteiger partial charge on any atom is 0.223 e. The van der Waals surface area contributed by atoms with Crippen LogP contribution >= 0.6 is 12.6 Å². The first-order chi connectivity index (χ1) is 7.15. The Morgan fingerprint density at radius 2 is 1.93 bits per heavy atom. The van der Waals surface area contributed by atoms with Crippen molar-refractivity contribution in [1.82, 2.24) is 4.90 Å². The van der Waals surface area contributed by atoms with E-state index in [1.54, 1.807) is 0 Å². The van der Waals surface area contributed by atoms with Gasteiger partial charge in [-0.05, 0) is 24.0 Å². The van der Waals surface area contributed by atoms with Gasteiger partial charge in [0.2, 0.25) is 5.91 Å². The van der Waals surface area contributed by atoms with Gasteiger partial charge in [-0.15, -0.1) is 0 Å². The molecular weight excluding hydrogens is 230 g/mol. The van der Waals surface area contributed by atoms with Crippen LogP contribution in [0, 0.1) is 5.41 Å². The number of carbonyl (C=O) groups excluding carboxylic acids is 1. The minimum Gasteiger partial charge on any atom is -0.341 e. The summed E-state index contributed by atoms with van der Waals surface area (Å²) in [5, 5.41) is 0. The van der Waals surface area contributed by atoms with Crippen molar-refractivity contribution in [3.05, 3.63) is 0 Å². The third kappa shape index (κ3) is 2.75. The average Bonchev–Trinajstić information content (AvgIpc) is 2.99. The molecule has 0 spiro atoms. The average molecular weight is 247 g/mol. The smallest absolute Gasteiger partial charge is 0.223 e. The summed E-state index contributed by atoms with van der Waals surface area (Å²) in [5.41, 5.74) is 0.205. The van der Waals surface area contributed by atoms with E-state index in [1.165, 1.54) is 0 Å². The first-order valence-corrected chi connectivity index (χ1v) is 7.51. The summed E-state index contributed by atoms with van der Waals surface area (Å²) in [5.74, 6) is 2.36. The van der Waals surface area contributed by atoms with Crippen LogP contribution in [-0.2, 0) is 15.6 Å². The summed E-state index contributed by atoms with van der Waals surface area (Å²) >= 11 is 4.30. The third-order valence-corrected chi connectivity index (χ3v) is 5.30. The molecule has 0 aromatic rings. The lowest BCUT2D eigenvalue weighted by molar-refractivity contribution is -0.131. The zero-order chi connectivity index (χ0) is 10.9. The van der Waals surface area contributed by atoms with E-state index in [2.05, 4.69) is 12.6 Å². The minimum absolute atomic E-state index is 0.205. The molecule has 0 radical (unpaired) electrons. The molecule has 3 nitrogen and oxygen atoms in total. The highest BCUT2D eigenvalue weighted by atomic mass is 32.2. The van der Waals surface area contributed by atoms with E-state index in [0.717, 1.165) is 18.6 Å². The highest BCUT2D eigenvalue weighted by molar-refractivity contribution is 7.85. The molecule has 0 unspecified atom stereocenters. The van der Waals surface area contributed by atoms with Gasteiger partial charge in [0.25, 0.3) is 0 Å². The van der Waals surface area contributed by atoms with Crippen LogP contribution in [-0.4, -0.2) is 45.4 Å². The van der Waals surface area contributed by atoms with Crippen LogP contribution in [0.15, 0.2) is 0 Å². The molecule has 0 atom stereocenters. The highest BCUT2D eigenvalue weighted by Crippen LogP contribution is 2.49. The number of hydrogen-bond acceptors (Lipinski definition) is 3. The van der Waals surface area contributed by atoms with Gasteiger partial charge in [-0.1, -0.05) is 0 Å². The molecule has 0 aromatic heterocycles. The van der Waals surface area contributed by atoms with Gasteiger partial charge in [0.05, 0.1) is 0 Å². The van der Waals surface area contributed by atoms with Gasteiger partial charge >= 0.3 is 0 Å². The largest absolute Gasteiger partial charge is 0.341 e. The number of amides is 1. The molecule has 1 saturated carbocycles. The molecule has 86 valence electrons. The van der Waals surface area contributed by atoms with Crippen LogP contribution < -0.4 is 0 Å². The van der Waals surface area contributed by atoms with Crippen molar-refractivity contribution >= 4 is 29.3 Å². The van der Waals surface area contributed by atoms with Gasteiger partial charge in [-0.2, -0.15) is 12.6 Å². The molecule has 0 bridgehead atoms. The Morgan fingerprint density at radius 3 is 2.40 bits per heavy atom. The van der Waals surface area contributed by atoms with Crippen LogP contribution in [0.4, 0.5) is 0 Å². The number of nitrogens with zero attached hydrogens (tertiary/aromatic N) is 1. The van der Waals surface area contributed by atoms with Crippen LogP contribution in [0.1, 0.15) is 19.3 Å². The monoisotopic (exact) mass is 247 g/mol. The lowest BCUT2D eigenvalue weighted by Crippen LogP contribution is -2.42. The topological polar surface area (TPSA) is 37.4 Å². The molecule has 2 rings (SSSR count). The van der Waals surface area contributed by atoms with Gasteiger partial charge < -0.3 is 4.90 Å². The van der Waals surface area contributed by atoms with E-state index in [4.69, 9.17) is 0 Å². The van der Waals surface area contributed by atoms with Gasteiger partial charge in [0.1, 0.15) is 0 Å². The molecule has 5 heteroatoms. The fourth-order valence-corrected chi connectivity index (χ4v) is 3.37. The molecule has 1 aliphatic carbocycles. The molecule has 15 heavy (non-hydrogen) atoms. The Balaban J connectivity index is 1.83. The van der Waals surface area contributed by atoms with Crippen molar-refractivity contribution in [2.75, 3.05) is 30.3 Å². The predicted molar refractivity (Wildman–Crippen MR) is 64.6 cm³/mol. The third-order valence-electron chi connectivity index (χ3n) is 3.35. The number of rotatable bonds is 3. The molecule has 1 amide bonds. The van der Waals surface area contributed by atoms with Crippen molar-refractivity contribution in [2.24, 2.45) is 5.41 Å². The Labute approximate surface area is 98.5 Å². The second kappa shape index (κ2) is 4.45. The number of carbonyl (C=O) groups is 1. The SMILES string of the molecule is O=C(CC1(CS)CC1)N1CCS(=O)CC1. The van der Waals surface area contributed by atoms with Crippen molar-refractivity contribution in [1.29, 1.82) is 0 Å². The summed E-state index contributed by atoms with van der Waals surface area (Å²) in [6.45, 7) is 1.35. The van der Waals surface area contributed by atoms with E-state index in [1.807, 2.05) is 4.90 Å². The van der Waals surface area contributed by atoms with Gasteiger partial charge in [-0.3, -0.25) is 9.00 Å². The standard InChI is InChI=1S/C10H17NO2S2/c12-9(7-10(8-14)1-2-10)11-3-5-15(13)6-4-11/h14H,1-8H2. The van der Waals surface area contributed by atoms with Crippen molar-refractivity contribution in [2.45, 2.75) is 19.3 Å². The molecule has 2 aliphatic rings. The zero-order valence-corrected chi connectivity index (χ0v) is 10.5. The summed E-state index contributed by atoms with van der Waals surface area (Å²) in [4.78, 5) is 13.8. The Morgan fingerprint density at radius 1 is 1.33 bits per heavy atom. The molecule has 0 N–H and O–H groups in total. The summed E-state index contributed by atoms with van der Waals surface area (Å²) in [7, 11) is -0.696. The van der Waals surface area contributed by atoms with Crippen LogP contribution in [0.2, 0.25) is 0 Å². The molecular formula is C10H17NO2S2. The van der Waals surface area contributed by atoms with E-state index in [0.29, 0.717) is 31.0 Å². The quantitative estimate of drug-likeness (QED) is 0.745. The minimum atomic E-state index is -0.696. The second-order valence-corrected chi connectivity index (χ2v) is 6.58. The lowest BCUT2D eigenvalue weighted by Gasteiger charge is -2.27. The van der Waals surface area contributed by atoms with Crippen molar-refractivity contribution < 1.29 is 9.00 Å². The van der Waals surface area contributed by atoms with Crippen LogP contribution in [0.5, 0.6) is 0 Å². The summed E-state index contributed by atoms with van der Waals surface area (Å²) < 4.78 is 11.1. The molecule has 1 heterocycles. The Hall–Kier alpha value is -0.0300. The molecule has 0 aromatic carbocycles. The maximum absolute atomic E-state index is 11.9. The van der Waals surface area contributed by atoms with E-state index < -0.39 is 10.8 Å². The second-order valence-electron chi connectivity index (χ2n) is 4.56. The van der Waals surface area contributed by atoms with E-state index in [9.17, 15) is 9.00 Å². The number of hydrogen-bond donors (Lipinski definition) is 1. The first-order valence-electron chi connectivity index (χ1n) is 5.39. The lowest BCUT2D eigenvalue weighted by atomic mass is 10.0.